The standard InChI is InChI=1S/C13H9ClF3N5O/c1-2-9-20-10-7(12(23)21-9)5-19-22(10)11-8(14)3-6(4-18-11)13(15,16)17/h3-5H,2H2,1H3,(H,20,21,23). The summed E-state index contributed by atoms with van der Waals surface area (Å²) in [7, 11) is 0. The fourth-order valence-electron chi connectivity index (χ4n) is 2.03. The molecule has 0 bridgehead atoms. The van der Waals surface area contributed by atoms with E-state index >= 15 is 0 Å². The van der Waals surface area contributed by atoms with Crippen molar-refractivity contribution < 1.29 is 13.2 Å². The van der Waals surface area contributed by atoms with Crippen LogP contribution in [0.25, 0.3) is 16.9 Å². The molecular formula is C13H9ClF3N5O. The Morgan fingerprint density at radius 1 is 1.35 bits per heavy atom. The molecule has 120 valence electrons. The monoisotopic (exact) mass is 343 g/mol. The van der Waals surface area contributed by atoms with Gasteiger partial charge in [0.1, 0.15) is 11.2 Å². The number of aryl methyl sites for hydroxylation is 1. The fraction of sp³-hybridized carbons (Fsp3) is 0.231. The van der Waals surface area contributed by atoms with Crippen LogP contribution in [-0.4, -0.2) is 24.7 Å². The van der Waals surface area contributed by atoms with E-state index in [1.807, 2.05) is 0 Å². The molecule has 0 saturated carbocycles. The molecule has 0 aliphatic carbocycles. The zero-order valence-corrected chi connectivity index (χ0v) is 12.4. The molecule has 0 unspecified atom stereocenters. The second-order valence-electron chi connectivity index (χ2n) is 4.69. The Hall–Kier alpha value is -2.42. The van der Waals surface area contributed by atoms with Gasteiger partial charge < -0.3 is 4.98 Å². The summed E-state index contributed by atoms with van der Waals surface area (Å²) in [5.74, 6) is 0.391. The Morgan fingerprint density at radius 2 is 2.09 bits per heavy atom. The Kier molecular flexibility index (Phi) is 3.59. The number of hydrogen-bond acceptors (Lipinski definition) is 4. The first kappa shape index (κ1) is 15.5. The van der Waals surface area contributed by atoms with E-state index in [9.17, 15) is 18.0 Å². The van der Waals surface area contributed by atoms with Gasteiger partial charge in [-0.05, 0) is 6.07 Å². The summed E-state index contributed by atoms with van der Waals surface area (Å²) in [6.45, 7) is 1.80. The number of nitrogens with zero attached hydrogens (tertiary/aromatic N) is 4. The highest BCUT2D eigenvalue weighted by Gasteiger charge is 2.32. The van der Waals surface area contributed by atoms with Gasteiger partial charge >= 0.3 is 6.18 Å². The minimum Gasteiger partial charge on any atom is -0.310 e. The van der Waals surface area contributed by atoms with Gasteiger partial charge in [0.05, 0.1) is 16.8 Å². The number of aromatic nitrogens is 5. The topological polar surface area (TPSA) is 76.5 Å². The summed E-state index contributed by atoms with van der Waals surface area (Å²) >= 11 is 5.90. The van der Waals surface area contributed by atoms with E-state index in [1.165, 1.54) is 6.20 Å². The van der Waals surface area contributed by atoms with Crippen LogP contribution < -0.4 is 5.56 Å². The molecule has 10 heteroatoms. The first-order chi connectivity index (χ1) is 10.8. The third-order valence-corrected chi connectivity index (χ3v) is 3.45. The van der Waals surface area contributed by atoms with Gasteiger partial charge in [-0.3, -0.25) is 4.79 Å². The highest BCUT2D eigenvalue weighted by atomic mass is 35.5. The molecule has 0 atom stereocenters. The molecule has 23 heavy (non-hydrogen) atoms. The minimum absolute atomic E-state index is 0.0326. The van der Waals surface area contributed by atoms with Gasteiger partial charge in [-0.1, -0.05) is 18.5 Å². The van der Waals surface area contributed by atoms with Crippen LogP contribution in [0, 0.1) is 0 Å². The van der Waals surface area contributed by atoms with E-state index in [4.69, 9.17) is 11.6 Å². The van der Waals surface area contributed by atoms with Crippen molar-refractivity contribution in [3.05, 3.63) is 45.2 Å². The lowest BCUT2D eigenvalue weighted by molar-refractivity contribution is -0.137. The van der Waals surface area contributed by atoms with Gasteiger partial charge in [0.15, 0.2) is 11.5 Å². The first-order valence-electron chi connectivity index (χ1n) is 6.51. The van der Waals surface area contributed by atoms with Gasteiger partial charge in [-0.15, -0.1) is 0 Å². The average molecular weight is 344 g/mol. The van der Waals surface area contributed by atoms with Crippen molar-refractivity contribution in [2.24, 2.45) is 0 Å². The summed E-state index contributed by atoms with van der Waals surface area (Å²) in [4.78, 5) is 22.5. The Labute approximate surface area is 131 Å². The molecule has 1 N–H and O–H groups in total. The highest BCUT2D eigenvalue weighted by molar-refractivity contribution is 6.32. The van der Waals surface area contributed by atoms with Crippen LogP contribution in [-0.2, 0) is 12.6 Å². The summed E-state index contributed by atoms with van der Waals surface area (Å²) in [5, 5.41) is 3.91. The molecule has 3 aromatic heterocycles. The number of H-pyrrole nitrogens is 1. The number of hydrogen-bond donors (Lipinski definition) is 1. The Bertz CT molecular complexity index is 947. The van der Waals surface area contributed by atoms with Gasteiger partial charge in [0, 0.05) is 12.6 Å². The number of aromatic amines is 1. The molecule has 0 spiro atoms. The number of halogens is 4. The van der Waals surface area contributed by atoms with Crippen molar-refractivity contribution in [2.75, 3.05) is 0 Å². The lowest BCUT2D eigenvalue weighted by Crippen LogP contribution is -2.12. The molecule has 6 nitrogen and oxygen atoms in total. The predicted octanol–water partition coefficient (Wildman–Crippen LogP) is 2.74. The number of rotatable bonds is 2. The van der Waals surface area contributed by atoms with Crippen LogP contribution >= 0.6 is 11.6 Å². The van der Waals surface area contributed by atoms with Crippen LogP contribution in [0.5, 0.6) is 0 Å². The lowest BCUT2D eigenvalue weighted by Gasteiger charge is -2.09. The van der Waals surface area contributed by atoms with Crippen LogP contribution in [0.15, 0.2) is 23.3 Å². The number of alkyl halides is 3. The first-order valence-corrected chi connectivity index (χ1v) is 6.89. The second-order valence-corrected chi connectivity index (χ2v) is 5.09. The number of nitrogens with one attached hydrogen (secondary N) is 1. The quantitative estimate of drug-likeness (QED) is 0.776. The molecule has 3 heterocycles. The number of fused-ring (bicyclic) bond motifs is 1. The SMILES string of the molecule is CCc1nc2c(cnn2-c2ncc(C(F)(F)F)cc2Cl)c(=O)[nH]1. The number of pyridine rings is 1. The Morgan fingerprint density at radius 3 is 2.70 bits per heavy atom. The maximum atomic E-state index is 12.7. The molecular weight excluding hydrogens is 335 g/mol. The molecule has 0 fully saturated rings. The van der Waals surface area contributed by atoms with Gasteiger partial charge in [-0.2, -0.15) is 23.0 Å². The van der Waals surface area contributed by atoms with Crippen LogP contribution in [0.1, 0.15) is 18.3 Å². The molecule has 0 radical (unpaired) electrons. The summed E-state index contributed by atoms with van der Waals surface area (Å²) < 4.78 is 39.1. The molecule has 3 aromatic rings. The van der Waals surface area contributed by atoms with Crippen molar-refractivity contribution in [3.63, 3.8) is 0 Å². The van der Waals surface area contributed by atoms with E-state index in [0.29, 0.717) is 18.4 Å². The molecule has 0 aromatic carbocycles. The largest absolute Gasteiger partial charge is 0.417 e. The van der Waals surface area contributed by atoms with Gasteiger partial charge in [0.2, 0.25) is 0 Å². The zero-order valence-electron chi connectivity index (χ0n) is 11.6. The molecule has 0 saturated heterocycles. The third-order valence-electron chi connectivity index (χ3n) is 3.17. The zero-order chi connectivity index (χ0) is 16.8. The maximum absolute atomic E-state index is 12.7. The molecule has 0 aliphatic rings. The van der Waals surface area contributed by atoms with Crippen molar-refractivity contribution in [1.29, 1.82) is 0 Å². The van der Waals surface area contributed by atoms with E-state index in [0.717, 1.165) is 10.7 Å². The van der Waals surface area contributed by atoms with Crippen LogP contribution in [0.3, 0.4) is 0 Å². The smallest absolute Gasteiger partial charge is 0.310 e. The van der Waals surface area contributed by atoms with Crippen molar-refractivity contribution in [2.45, 2.75) is 19.5 Å². The van der Waals surface area contributed by atoms with Gasteiger partial charge in [-0.25, -0.2) is 9.97 Å². The van der Waals surface area contributed by atoms with Crippen molar-refractivity contribution in [3.8, 4) is 5.82 Å². The lowest BCUT2D eigenvalue weighted by atomic mass is 10.3. The fourth-order valence-corrected chi connectivity index (χ4v) is 2.27. The van der Waals surface area contributed by atoms with E-state index < -0.39 is 11.7 Å². The minimum atomic E-state index is -4.55. The average Bonchev–Trinajstić information content (AvgIpc) is 2.90. The molecule has 3 rings (SSSR count). The predicted molar refractivity (Wildman–Crippen MR) is 76.7 cm³/mol. The summed E-state index contributed by atoms with van der Waals surface area (Å²) in [6.07, 6.45) is -2.16. The van der Waals surface area contributed by atoms with Crippen LogP contribution in [0.4, 0.5) is 13.2 Å². The highest BCUT2D eigenvalue weighted by Crippen LogP contribution is 2.32. The van der Waals surface area contributed by atoms with Crippen LogP contribution in [0.2, 0.25) is 5.02 Å². The molecule has 0 aliphatic heterocycles. The Balaban J connectivity index is 2.21. The van der Waals surface area contributed by atoms with E-state index in [1.54, 1.807) is 6.92 Å². The van der Waals surface area contributed by atoms with Crippen molar-refractivity contribution >= 4 is 22.6 Å². The maximum Gasteiger partial charge on any atom is 0.417 e. The van der Waals surface area contributed by atoms with E-state index in [2.05, 4.69) is 20.1 Å². The summed E-state index contributed by atoms with van der Waals surface area (Å²) in [5.41, 5.74) is -1.18. The second kappa shape index (κ2) is 5.34. The summed E-state index contributed by atoms with van der Waals surface area (Å²) in [6, 6.07) is 0.755. The molecule has 0 amide bonds. The van der Waals surface area contributed by atoms with E-state index in [-0.39, 0.29) is 27.4 Å². The van der Waals surface area contributed by atoms with Gasteiger partial charge in [0.25, 0.3) is 5.56 Å². The normalized spacial score (nSPS) is 12.0. The van der Waals surface area contributed by atoms with Crippen molar-refractivity contribution in [1.82, 2.24) is 24.7 Å². The third kappa shape index (κ3) is 2.67.